The molecule has 1 unspecified atom stereocenters. The van der Waals surface area contributed by atoms with E-state index in [9.17, 15) is 4.79 Å². The van der Waals surface area contributed by atoms with Gasteiger partial charge in [0.25, 0.3) is 0 Å². The molecule has 5 nitrogen and oxygen atoms in total. The fourth-order valence-electron chi connectivity index (χ4n) is 1.76. The zero-order valence-electron chi connectivity index (χ0n) is 9.32. The number of nitrogens with one attached hydrogen (secondary N) is 1. The summed E-state index contributed by atoms with van der Waals surface area (Å²) in [5, 5.41) is 6.50. The first-order valence-corrected chi connectivity index (χ1v) is 5.10. The Morgan fingerprint density at radius 1 is 1.73 bits per heavy atom. The van der Waals surface area contributed by atoms with E-state index in [4.69, 9.17) is 0 Å². The van der Waals surface area contributed by atoms with Crippen LogP contribution in [0.3, 0.4) is 0 Å². The molecule has 15 heavy (non-hydrogen) atoms. The molecule has 1 saturated carbocycles. The Labute approximate surface area is 88.9 Å². The largest absolute Gasteiger partial charge is 0.338 e. The number of H-pyrrole nitrogens is 1. The summed E-state index contributed by atoms with van der Waals surface area (Å²) in [4.78, 5) is 17.6. The average molecular weight is 208 g/mol. The monoisotopic (exact) mass is 208 g/mol. The second-order valence-electron chi connectivity index (χ2n) is 4.87. The zero-order chi connectivity index (χ0) is 11.1. The van der Waals surface area contributed by atoms with E-state index in [1.165, 1.54) is 6.33 Å². The van der Waals surface area contributed by atoms with Crippen molar-refractivity contribution < 1.29 is 4.79 Å². The summed E-state index contributed by atoms with van der Waals surface area (Å²) in [5.41, 5.74) is 0.187. The average Bonchev–Trinajstić information content (AvgIpc) is 2.63. The van der Waals surface area contributed by atoms with Crippen molar-refractivity contribution in [1.29, 1.82) is 0 Å². The van der Waals surface area contributed by atoms with Gasteiger partial charge >= 0.3 is 0 Å². The van der Waals surface area contributed by atoms with Gasteiger partial charge in [0, 0.05) is 13.0 Å². The minimum absolute atomic E-state index is 0.186. The molecule has 1 aliphatic rings. The summed E-state index contributed by atoms with van der Waals surface area (Å²) >= 11 is 0. The van der Waals surface area contributed by atoms with Gasteiger partial charge < -0.3 is 4.90 Å². The van der Waals surface area contributed by atoms with Crippen LogP contribution in [-0.2, 0) is 11.3 Å². The van der Waals surface area contributed by atoms with Crippen LogP contribution in [0, 0.1) is 11.3 Å². The Balaban J connectivity index is 1.92. The van der Waals surface area contributed by atoms with Gasteiger partial charge in [0.15, 0.2) is 0 Å². The molecule has 1 N–H and O–H groups in total. The van der Waals surface area contributed by atoms with Crippen LogP contribution in [0.5, 0.6) is 0 Å². The van der Waals surface area contributed by atoms with Crippen molar-refractivity contribution in [2.24, 2.45) is 11.3 Å². The number of hydrogen-bond acceptors (Lipinski definition) is 3. The lowest BCUT2D eigenvalue weighted by molar-refractivity contribution is -0.132. The van der Waals surface area contributed by atoms with Crippen molar-refractivity contribution >= 4 is 5.91 Å². The number of amides is 1. The van der Waals surface area contributed by atoms with E-state index in [2.05, 4.69) is 29.0 Å². The number of nitrogens with zero attached hydrogens (tertiary/aromatic N) is 3. The van der Waals surface area contributed by atoms with Gasteiger partial charge in [-0.3, -0.25) is 9.89 Å². The molecule has 1 fully saturated rings. The predicted octanol–water partition coefficient (Wildman–Crippen LogP) is 0.809. The second-order valence-corrected chi connectivity index (χ2v) is 4.87. The van der Waals surface area contributed by atoms with Crippen molar-refractivity contribution in [3.63, 3.8) is 0 Å². The van der Waals surface area contributed by atoms with Crippen molar-refractivity contribution in [2.45, 2.75) is 26.8 Å². The fourth-order valence-corrected chi connectivity index (χ4v) is 1.76. The Morgan fingerprint density at radius 3 is 2.87 bits per heavy atom. The second kappa shape index (κ2) is 3.32. The lowest BCUT2D eigenvalue weighted by atomic mass is 10.1. The highest BCUT2D eigenvalue weighted by atomic mass is 16.2. The van der Waals surface area contributed by atoms with Gasteiger partial charge in [0.1, 0.15) is 12.2 Å². The van der Waals surface area contributed by atoms with E-state index >= 15 is 0 Å². The molecular formula is C10H16N4O. The molecule has 0 spiro atoms. The molecule has 1 aliphatic carbocycles. The summed E-state index contributed by atoms with van der Waals surface area (Å²) in [5.74, 6) is 1.12. The maximum atomic E-state index is 11.9. The van der Waals surface area contributed by atoms with Crippen LogP contribution in [-0.4, -0.2) is 33.0 Å². The van der Waals surface area contributed by atoms with Crippen LogP contribution >= 0.6 is 0 Å². The highest BCUT2D eigenvalue weighted by Gasteiger charge is 2.51. The predicted molar refractivity (Wildman–Crippen MR) is 54.7 cm³/mol. The van der Waals surface area contributed by atoms with Gasteiger partial charge in [0.05, 0.1) is 6.54 Å². The molecule has 1 aromatic rings. The topological polar surface area (TPSA) is 61.9 Å². The maximum absolute atomic E-state index is 11.9. The van der Waals surface area contributed by atoms with Crippen LogP contribution in [0.25, 0.3) is 0 Å². The Kier molecular flexibility index (Phi) is 2.25. The molecule has 0 bridgehead atoms. The Morgan fingerprint density at radius 2 is 2.40 bits per heavy atom. The molecule has 0 aromatic carbocycles. The third kappa shape index (κ3) is 2.00. The van der Waals surface area contributed by atoms with E-state index in [1.807, 2.05) is 0 Å². The number of rotatable bonds is 3. The molecule has 82 valence electrons. The molecule has 1 heterocycles. The summed E-state index contributed by atoms with van der Waals surface area (Å²) in [6, 6.07) is 0. The Hall–Kier alpha value is -1.39. The molecule has 0 aliphatic heterocycles. The molecule has 0 radical (unpaired) electrons. The van der Waals surface area contributed by atoms with E-state index in [-0.39, 0.29) is 17.2 Å². The van der Waals surface area contributed by atoms with Gasteiger partial charge in [-0.05, 0) is 11.8 Å². The first-order valence-electron chi connectivity index (χ1n) is 5.10. The quantitative estimate of drug-likeness (QED) is 0.799. The van der Waals surface area contributed by atoms with Crippen LogP contribution < -0.4 is 0 Å². The minimum atomic E-state index is 0.186. The van der Waals surface area contributed by atoms with Crippen LogP contribution in [0.2, 0.25) is 0 Å². The Bertz CT molecular complexity index is 358. The third-order valence-electron chi connectivity index (χ3n) is 3.04. The van der Waals surface area contributed by atoms with Crippen LogP contribution in [0.4, 0.5) is 0 Å². The normalized spacial score (nSPS) is 22.5. The van der Waals surface area contributed by atoms with E-state index < -0.39 is 0 Å². The van der Waals surface area contributed by atoms with Gasteiger partial charge in [-0.25, -0.2) is 4.98 Å². The third-order valence-corrected chi connectivity index (χ3v) is 3.04. The van der Waals surface area contributed by atoms with Gasteiger partial charge in [0.2, 0.25) is 5.91 Å². The van der Waals surface area contributed by atoms with Crippen molar-refractivity contribution in [1.82, 2.24) is 20.1 Å². The SMILES string of the molecule is CN(Cc1ncn[nH]1)C(=O)C1CC1(C)C. The standard InChI is InChI=1S/C10H16N4O/c1-10(2)4-7(10)9(15)14(3)5-8-11-6-12-13-8/h6-7H,4-5H2,1-3H3,(H,11,12,13). The van der Waals surface area contributed by atoms with E-state index in [0.717, 1.165) is 12.2 Å². The molecular weight excluding hydrogens is 192 g/mol. The van der Waals surface area contributed by atoms with Gasteiger partial charge in [-0.1, -0.05) is 13.8 Å². The summed E-state index contributed by atoms with van der Waals surface area (Å²) < 4.78 is 0. The number of carbonyl (C=O) groups excluding carboxylic acids is 1. The smallest absolute Gasteiger partial charge is 0.226 e. The highest BCUT2D eigenvalue weighted by Crippen LogP contribution is 2.52. The molecule has 1 amide bonds. The first-order chi connectivity index (χ1) is 7.00. The lowest BCUT2D eigenvalue weighted by Crippen LogP contribution is -2.29. The summed E-state index contributed by atoms with van der Waals surface area (Å²) in [6.45, 7) is 4.75. The molecule has 5 heteroatoms. The number of carbonyl (C=O) groups is 1. The number of aromatic nitrogens is 3. The number of aromatic amines is 1. The molecule has 0 saturated heterocycles. The first kappa shape index (κ1) is 10.1. The highest BCUT2D eigenvalue weighted by molar-refractivity contribution is 5.82. The van der Waals surface area contributed by atoms with Gasteiger partial charge in [-0.15, -0.1) is 0 Å². The van der Waals surface area contributed by atoms with E-state index in [1.54, 1.807) is 11.9 Å². The van der Waals surface area contributed by atoms with Crippen molar-refractivity contribution in [3.8, 4) is 0 Å². The molecule has 1 aromatic heterocycles. The van der Waals surface area contributed by atoms with Crippen molar-refractivity contribution in [2.75, 3.05) is 7.05 Å². The van der Waals surface area contributed by atoms with Gasteiger partial charge in [-0.2, -0.15) is 5.10 Å². The zero-order valence-corrected chi connectivity index (χ0v) is 9.32. The molecule has 2 rings (SSSR count). The van der Waals surface area contributed by atoms with Crippen molar-refractivity contribution in [3.05, 3.63) is 12.2 Å². The minimum Gasteiger partial charge on any atom is -0.338 e. The maximum Gasteiger partial charge on any atom is 0.226 e. The van der Waals surface area contributed by atoms with Crippen LogP contribution in [0.1, 0.15) is 26.1 Å². The fraction of sp³-hybridized carbons (Fsp3) is 0.700. The molecule has 1 atom stereocenters. The summed E-state index contributed by atoms with van der Waals surface area (Å²) in [7, 11) is 1.80. The van der Waals surface area contributed by atoms with Crippen LogP contribution in [0.15, 0.2) is 6.33 Å². The van der Waals surface area contributed by atoms with E-state index in [0.29, 0.717) is 6.54 Å². The lowest BCUT2D eigenvalue weighted by Gasteiger charge is -2.16. The summed E-state index contributed by atoms with van der Waals surface area (Å²) in [6.07, 6.45) is 2.45. The number of hydrogen-bond donors (Lipinski definition) is 1.